The van der Waals surface area contributed by atoms with Crippen LogP contribution in [0, 0.1) is 5.82 Å². The molecule has 0 bridgehead atoms. The predicted molar refractivity (Wildman–Crippen MR) is 109 cm³/mol. The number of hydrazone groups is 1. The Bertz CT molecular complexity index is 836. The first-order valence-electron chi connectivity index (χ1n) is 9.16. The summed E-state index contributed by atoms with van der Waals surface area (Å²) in [5.74, 6) is -0.702. The molecule has 0 spiro atoms. The van der Waals surface area contributed by atoms with Crippen LogP contribution in [0.2, 0.25) is 0 Å². The van der Waals surface area contributed by atoms with Gasteiger partial charge in [0.05, 0.1) is 37.6 Å². The van der Waals surface area contributed by atoms with Crippen LogP contribution in [-0.2, 0) is 14.3 Å². The molecular weight excluding hydrogens is 401 g/mol. The van der Waals surface area contributed by atoms with Gasteiger partial charge in [-0.3, -0.25) is 9.69 Å². The Kier molecular flexibility index (Phi) is 6.47. The van der Waals surface area contributed by atoms with Crippen molar-refractivity contribution in [2.45, 2.75) is 20.0 Å². The lowest BCUT2D eigenvalue weighted by Crippen LogP contribution is -2.41. The van der Waals surface area contributed by atoms with Gasteiger partial charge in [-0.1, -0.05) is 0 Å². The normalized spacial score (nSPS) is 18.7. The molecule has 0 aromatic heterocycles. The second-order valence-corrected chi connectivity index (χ2v) is 6.78. The lowest BCUT2D eigenvalue weighted by molar-refractivity contribution is -0.119. The molecule has 1 fully saturated rings. The zero-order valence-corrected chi connectivity index (χ0v) is 16.9. The van der Waals surface area contributed by atoms with Gasteiger partial charge in [-0.15, -0.1) is 0 Å². The van der Waals surface area contributed by atoms with E-state index in [9.17, 15) is 14.0 Å². The van der Waals surface area contributed by atoms with Gasteiger partial charge in [-0.2, -0.15) is 5.10 Å². The van der Waals surface area contributed by atoms with E-state index in [4.69, 9.17) is 21.7 Å². The number of hydrogen-bond acceptors (Lipinski definition) is 7. The van der Waals surface area contributed by atoms with Gasteiger partial charge in [0.2, 0.25) is 5.91 Å². The van der Waals surface area contributed by atoms with E-state index in [1.165, 1.54) is 29.2 Å². The van der Waals surface area contributed by atoms with Gasteiger partial charge >= 0.3 is 6.09 Å². The molecule has 1 N–H and O–H groups in total. The fourth-order valence-corrected chi connectivity index (χ4v) is 3.21. The Hall–Kier alpha value is -2.95. The lowest BCUT2D eigenvalue weighted by Gasteiger charge is -2.29. The van der Waals surface area contributed by atoms with E-state index < -0.39 is 18.0 Å². The number of nitrogens with one attached hydrogen (secondary N) is 1. The fourth-order valence-electron chi connectivity index (χ4n) is 2.95. The molecule has 1 unspecified atom stereocenters. The number of rotatable bonds is 5. The van der Waals surface area contributed by atoms with E-state index in [1.54, 1.807) is 17.0 Å². The fraction of sp³-hybridized carbons (Fsp3) is 0.444. The second kappa shape index (κ2) is 9.03. The summed E-state index contributed by atoms with van der Waals surface area (Å²) >= 11 is 5.11. The van der Waals surface area contributed by atoms with Crippen LogP contribution in [0.15, 0.2) is 23.3 Å². The molecule has 0 saturated carbocycles. The van der Waals surface area contributed by atoms with E-state index in [2.05, 4.69) is 10.4 Å². The van der Waals surface area contributed by atoms with Crippen molar-refractivity contribution in [2.75, 3.05) is 42.6 Å². The van der Waals surface area contributed by atoms with E-state index in [0.29, 0.717) is 31.1 Å². The maximum Gasteiger partial charge on any atom is 0.414 e. The first kappa shape index (κ1) is 20.8. The van der Waals surface area contributed by atoms with Crippen molar-refractivity contribution in [3.63, 3.8) is 0 Å². The molecule has 2 aliphatic rings. The number of anilines is 2. The highest BCUT2D eigenvalue weighted by atomic mass is 32.1. The van der Waals surface area contributed by atoms with Gasteiger partial charge in [-0.25, -0.2) is 14.2 Å². The molecule has 1 atom stereocenters. The van der Waals surface area contributed by atoms with Gasteiger partial charge in [0, 0.05) is 13.5 Å². The smallest absolute Gasteiger partial charge is 0.414 e. The van der Waals surface area contributed by atoms with Crippen LogP contribution in [0.5, 0.6) is 0 Å². The zero-order chi connectivity index (χ0) is 21.0. The van der Waals surface area contributed by atoms with Crippen LogP contribution >= 0.6 is 12.2 Å². The molecule has 0 aliphatic carbocycles. The summed E-state index contributed by atoms with van der Waals surface area (Å²) in [5, 5.41) is 8.61. The Morgan fingerprint density at radius 1 is 1.45 bits per heavy atom. The molecular formula is C18H22FN5O4S. The second-order valence-electron chi connectivity index (χ2n) is 6.44. The quantitative estimate of drug-likeness (QED) is 0.721. The van der Waals surface area contributed by atoms with Crippen molar-refractivity contribution in [2.24, 2.45) is 5.10 Å². The summed E-state index contributed by atoms with van der Waals surface area (Å²) in [6.07, 6.45) is 0.427. The summed E-state index contributed by atoms with van der Waals surface area (Å²) in [6.45, 7) is 5.04. The summed E-state index contributed by atoms with van der Waals surface area (Å²) in [5.41, 5.74) is 0.719. The van der Waals surface area contributed by atoms with Gasteiger partial charge < -0.3 is 19.7 Å². The minimum absolute atomic E-state index is 0.210. The zero-order valence-electron chi connectivity index (χ0n) is 16.1. The number of halogens is 1. The molecule has 11 heteroatoms. The van der Waals surface area contributed by atoms with Crippen LogP contribution < -0.4 is 15.1 Å². The number of amides is 2. The molecule has 3 rings (SSSR count). The first-order valence-corrected chi connectivity index (χ1v) is 9.57. The highest BCUT2D eigenvalue weighted by Gasteiger charge is 2.33. The van der Waals surface area contributed by atoms with Crippen molar-refractivity contribution in [1.29, 1.82) is 0 Å². The van der Waals surface area contributed by atoms with Crippen LogP contribution in [0.1, 0.15) is 13.8 Å². The van der Waals surface area contributed by atoms with E-state index >= 15 is 0 Å². The Morgan fingerprint density at radius 2 is 2.24 bits per heavy atom. The molecule has 2 amide bonds. The highest BCUT2D eigenvalue weighted by Crippen LogP contribution is 2.28. The van der Waals surface area contributed by atoms with E-state index in [-0.39, 0.29) is 24.2 Å². The third-order valence-electron chi connectivity index (χ3n) is 4.37. The molecule has 2 heterocycles. The van der Waals surface area contributed by atoms with Crippen molar-refractivity contribution in [3.05, 3.63) is 24.0 Å². The number of benzene rings is 1. The van der Waals surface area contributed by atoms with Crippen LogP contribution in [0.25, 0.3) is 0 Å². The number of carbonyl (C=O) groups excluding carboxylic acids is 2. The third kappa shape index (κ3) is 4.91. The SMILES string of the molecule is CCOC(=S)N1CCN(c2ccc(N3CC(CNC(C)=O)OC3=O)cc2F)C=N1. The molecule has 0 radical (unpaired) electrons. The Labute approximate surface area is 173 Å². The van der Waals surface area contributed by atoms with Crippen LogP contribution in [0.4, 0.5) is 20.6 Å². The van der Waals surface area contributed by atoms with Gasteiger partial charge in [-0.05, 0) is 37.3 Å². The molecule has 1 aromatic rings. The van der Waals surface area contributed by atoms with Crippen molar-refractivity contribution >= 4 is 47.1 Å². The molecule has 156 valence electrons. The molecule has 29 heavy (non-hydrogen) atoms. The topological polar surface area (TPSA) is 86.7 Å². The molecule has 9 nitrogen and oxygen atoms in total. The van der Waals surface area contributed by atoms with Crippen LogP contribution in [-0.4, -0.2) is 67.4 Å². The minimum atomic E-state index is -0.577. The monoisotopic (exact) mass is 423 g/mol. The largest absolute Gasteiger partial charge is 0.470 e. The number of cyclic esters (lactones) is 1. The lowest BCUT2D eigenvalue weighted by atomic mass is 10.2. The number of hydrogen-bond donors (Lipinski definition) is 1. The minimum Gasteiger partial charge on any atom is -0.470 e. The Balaban J connectivity index is 1.67. The molecule has 2 aliphatic heterocycles. The average molecular weight is 423 g/mol. The Morgan fingerprint density at radius 3 is 2.86 bits per heavy atom. The maximum absolute atomic E-state index is 14.7. The summed E-state index contributed by atoms with van der Waals surface area (Å²) in [7, 11) is 0. The summed E-state index contributed by atoms with van der Waals surface area (Å²) in [4.78, 5) is 26.1. The number of nitrogens with zero attached hydrogens (tertiary/aromatic N) is 4. The van der Waals surface area contributed by atoms with Gasteiger partial charge in [0.15, 0.2) is 0 Å². The van der Waals surface area contributed by atoms with E-state index in [1.807, 2.05) is 6.92 Å². The van der Waals surface area contributed by atoms with E-state index in [0.717, 1.165) is 0 Å². The van der Waals surface area contributed by atoms with Crippen molar-refractivity contribution < 1.29 is 23.5 Å². The summed E-state index contributed by atoms with van der Waals surface area (Å²) < 4.78 is 25.2. The number of carbonyl (C=O) groups is 2. The first-order chi connectivity index (χ1) is 13.9. The highest BCUT2D eigenvalue weighted by molar-refractivity contribution is 7.80. The maximum atomic E-state index is 14.7. The van der Waals surface area contributed by atoms with Crippen molar-refractivity contribution in [1.82, 2.24) is 10.3 Å². The summed E-state index contributed by atoms with van der Waals surface area (Å²) in [6, 6.07) is 4.51. The predicted octanol–water partition coefficient (Wildman–Crippen LogP) is 1.67. The molecule has 1 aromatic carbocycles. The van der Waals surface area contributed by atoms with Gasteiger partial charge in [0.1, 0.15) is 18.3 Å². The van der Waals surface area contributed by atoms with Crippen molar-refractivity contribution in [3.8, 4) is 0 Å². The van der Waals surface area contributed by atoms with Gasteiger partial charge in [0.25, 0.3) is 5.17 Å². The van der Waals surface area contributed by atoms with Crippen LogP contribution in [0.3, 0.4) is 0 Å². The molecule has 1 saturated heterocycles. The standard InChI is InChI=1S/C18H22FN5O4S/c1-3-27-18(29)24-7-6-22(11-21-24)16-5-4-13(8-15(16)19)23-10-14(28-17(23)26)9-20-12(2)25/h4-5,8,11,14H,3,6-7,9-10H2,1-2H3,(H,20,25). The third-order valence-corrected chi connectivity index (χ3v) is 4.70. The number of ether oxygens (including phenoxy) is 2. The average Bonchev–Trinajstić information content (AvgIpc) is 3.07. The number of thiocarbonyl (C=S) groups is 1.